The molecule has 1 aliphatic rings. The van der Waals surface area contributed by atoms with Gasteiger partial charge in [0.15, 0.2) is 0 Å². The highest BCUT2D eigenvalue weighted by Crippen LogP contribution is 2.31. The van der Waals surface area contributed by atoms with Crippen molar-refractivity contribution in [2.45, 2.75) is 26.2 Å². The second kappa shape index (κ2) is 3.78. The SMILES string of the molecule is CC1CCCC1=Cc1ccccc1. The summed E-state index contributed by atoms with van der Waals surface area (Å²) in [4.78, 5) is 0. The number of allylic oxidation sites excluding steroid dienone is 1. The van der Waals surface area contributed by atoms with Crippen LogP contribution in [0.3, 0.4) is 0 Å². The van der Waals surface area contributed by atoms with Crippen LogP contribution in [0.15, 0.2) is 35.9 Å². The predicted octanol–water partition coefficient (Wildman–Crippen LogP) is 3.89. The molecule has 13 heavy (non-hydrogen) atoms. The van der Waals surface area contributed by atoms with Crippen LogP contribution in [0.4, 0.5) is 0 Å². The van der Waals surface area contributed by atoms with Gasteiger partial charge in [-0.15, -0.1) is 0 Å². The average molecular weight is 172 g/mol. The van der Waals surface area contributed by atoms with Crippen LogP contribution in [0.2, 0.25) is 0 Å². The number of rotatable bonds is 1. The van der Waals surface area contributed by atoms with Crippen LogP contribution < -0.4 is 0 Å². The van der Waals surface area contributed by atoms with Gasteiger partial charge in [-0.2, -0.15) is 0 Å². The molecule has 1 fully saturated rings. The zero-order valence-electron chi connectivity index (χ0n) is 8.16. The van der Waals surface area contributed by atoms with Crippen LogP contribution in [-0.2, 0) is 0 Å². The van der Waals surface area contributed by atoms with Gasteiger partial charge >= 0.3 is 0 Å². The molecule has 1 atom stereocenters. The first kappa shape index (κ1) is 8.55. The molecule has 0 heteroatoms. The highest BCUT2D eigenvalue weighted by molar-refractivity contribution is 5.53. The van der Waals surface area contributed by atoms with E-state index >= 15 is 0 Å². The van der Waals surface area contributed by atoms with E-state index in [0.717, 1.165) is 5.92 Å². The maximum absolute atomic E-state index is 2.36. The van der Waals surface area contributed by atoms with Gasteiger partial charge in [0.2, 0.25) is 0 Å². The van der Waals surface area contributed by atoms with E-state index in [0.29, 0.717) is 0 Å². The molecule has 0 bridgehead atoms. The summed E-state index contributed by atoms with van der Waals surface area (Å²) in [6.45, 7) is 2.34. The minimum Gasteiger partial charge on any atom is -0.0668 e. The first-order chi connectivity index (χ1) is 6.36. The van der Waals surface area contributed by atoms with Gasteiger partial charge < -0.3 is 0 Å². The molecular weight excluding hydrogens is 156 g/mol. The van der Waals surface area contributed by atoms with Crippen LogP contribution in [0.25, 0.3) is 6.08 Å². The lowest BCUT2D eigenvalue weighted by molar-refractivity contribution is 0.698. The summed E-state index contributed by atoms with van der Waals surface area (Å²) in [5, 5.41) is 0. The van der Waals surface area contributed by atoms with Crippen LogP contribution in [-0.4, -0.2) is 0 Å². The normalized spacial score (nSPS) is 25.3. The van der Waals surface area contributed by atoms with Gasteiger partial charge in [-0.25, -0.2) is 0 Å². The topological polar surface area (TPSA) is 0 Å². The van der Waals surface area contributed by atoms with Crippen molar-refractivity contribution in [3.8, 4) is 0 Å². The maximum atomic E-state index is 2.36. The summed E-state index contributed by atoms with van der Waals surface area (Å²) < 4.78 is 0. The van der Waals surface area contributed by atoms with E-state index in [9.17, 15) is 0 Å². The molecule has 1 aliphatic carbocycles. The minimum atomic E-state index is 0.806. The molecule has 0 nitrogen and oxygen atoms in total. The van der Waals surface area contributed by atoms with Crippen molar-refractivity contribution in [1.29, 1.82) is 0 Å². The first-order valence-corrected chi connectivity index (χ1v) is 5.12. The van der Waals surface area contributed by atoms with Crippen LogP contribution in [0, 0.1) is 5.92 Å². The van der Waals surface area contributed by atoms with Gasteiger partial charge in [-0.3, -0.25) is 0 Å². The summed E-state index contributed by atoms with van der Waals surface area (Å²) in [7, 11) is 0. The Morgan fingerprint density at radius 2 is 2.00 bits per heavy atom. The first-order valence-electron chi connectivity index (χ1n) is 5.12. The van der Waals surface area contributed by atoms with E-state index in [2.05, 4.69) is 43.3 Å². The van der Waals surface area contributed by atoms with Gasteiger partial charge in [-0.1, -0.05) is 48.9 Å². The third-order valence-corrected chi connectivity index (χ3v) is 2.89. The summed E-state index contributed by atoms with van der Waals surface area (Å²) in [5.41, 5.74) is 2.98. The molecule has 0 heterocycles. The molecule has 1 unspecified atom stereocenters. The molecule has 1 aromatic carbocycles. The van der Waals surface area contributed by atoms with Gasteiger partial charge in [0.25, 0.3) is 0 Å². The van der Waals surface area contributed by atoms with Crippen molar-refractivity contribution in [3.05, 3.63) is 41.5 Å². The third-order valence-electron chi connectivity index (χ3n) is 2.89. The highest BCUT2D eigenvalue weighted by Gasteiger charge is 2.15. The molecule has 68 valence electrons. The van der Waals surface area contributed by atoms with Crippen molar-refractivity contribution in [2.75, 3.05) is 0 Å². The van der Waals surface area contributed by atoms with E-state index in [1.165, 1.54) is 24.8 Å². The van der Waals surface area contributed by atoms with Crippen LogP contribution in [0.5, 0.6) is 0 Å². The molecular formula is C13H16. The molecule has 2 rings (SSSR count). The average Bonchev–Trinajstić information content (AvgIpc) is 2.54. The molecule has 0 aromatic heterocycles. The Kier molecular flexibility index (Phi) is 2.49. The minimum absolute atomic E-state index is 0.806. The zero-order chi connectivity index (χ0) is 9.10. The Labute approximate surface area is 80.3 Å². The largest absolute Gasteiger partial charge is 0.0668 e. The van der Waals surface area contributed by atoms with Gasteiger partial charge in [0.05, 0.1) is 0 Å². The Morgan fingerprint density at radius 1 is 1.23 bits per heavy atom. The van der Waals surface area contributed by atoms with Crippen molar-refractivity contribution >= 4 is 6.08 Å². The standard InChI is InChI=1S/C13H16/c1-11-6-5-9-13(11)10-12-7-3-2-4-8-12/h2-4,7-8,10-11H,5-6,9H2,1H3. The van der Waals surface area contributed by atoms with E-state index in [1.54, 1.807) is 5.57 Å². The lowest BCUT2D eigenvalue weighted by Crippen LogP contribution is -1.87. The lowest BCUT2D eigenvalue weighted by Gasteiger charge is -2.03. The number of hydrogen-bond donors (Lipinski definition) is 0. The quantitative estimate of drug-likeness (QED) is 0.603. The van der Waals surface area contributed by atoms with Gasteiger partial charge in [0.1, 0.15) is 0 Å². The monoisotopic (exact) mass is 172 g/mol. The van der Waals surface area contributed by atoms with Crippen LogP contribution >= 0.6 is 0 Å². The molecule has 0 spiro atoms. The maximum Gasteiger partial charge on any atom is -0.0228 e. The van der Waals surface area contributed by atoms with Gasteiger partial charge in [0, 0.05) is 0 Å². The summed E-state index contributed by atoms with van der Waals surface area (Å²) >= 11 is 0. The smallest absolute Gasteiger partial charge is 0.0228 e. The Hall–Kier alpha value is -1.04. The van der Waals surface area contributed by atoms with E-state index in [1.807, 2.05) is 0 Å². The lowest BCUT2D eigenvalue weighted by atomic mass is 10.0. The second-order valence-corrected chi connectivity index (χ2v) is 3.92. The van der Waals surface area contributed by atoms with Crippen molar-refractivity contribution in [3.63, 3.8) is 0 Å². The molecule has 0 amide bonds. The number of hydrogen-bond acceptors (Lipinski definition) is 0. The number of benzene rings is 1. The molecule has 0 aliphatic heterocycles. The summed E-state index contributed by atoms with van der Waals surface area (Å²) in [6, 6.07) is 10.6. The summed E-state index contributed by atoms with van der Waals surface area (Å²) in [6.07, 6.45) is 6.41. The van der Waals surface area contributed by atoms with Crippen molar-refractivity contribution in [2.24, 2.45) is 5.92 Å². The predicted molar refractivity (Wildman–Crippen MR) is 57.4 cm³/mol. The van der Waals surface area contributed by atoms with Crippen LogP contribution in [0.1, 0.15) is 31.7 Å². The fourth-order valence-electron chi connectivity index (χ4n) is 2.02. The third kappa shape index (κ3) is 2.00. The molecule has 1 saturated carbocycles. The van der Waals surface area contributed by atoms with Crippen molar-refractivity contribution < 1.29 is 0 Å². The Morgan fingerprint density at radius 3 is 2.62 bits per heavy atom. The van der Waals surface area contributed by atoms with Crippen molar-refractivity contribution in [1.82, 2.24) is 0 Å². The molecule has 0 radical (unpaired) electrons. The fraction of sp³-hybridized carbons (Fsp3) is 0.385. The fourth-order valence-corrected chi connectivity index (χ4v) is 2.02. The zero-order valence-corrected chi connectivity index (χ0v) is 8.16. The molecule has 0 N–H and O–H groups in total. The summed E-state index contributed by atoms with van der Waals surface area (Å²) in [5.74, 6) is 0.806. The van der Waals surface area contributed by atoms with E-state index in [-0.39, 0.29) is 0 Å². The molecule has 0 saturated heterocycles. The highest BCUT2D eigenvalue weighted by atomic mass is 14.2. The van der Waals surface area contributed by atoms with E-state index in [4.69, 9.17) is 0 Å². The second-order valence-electron chi connectivity index (χ2n) is 3.92. The van der Waals surface area contributed by atoms with Gasteiger partial charge in [-0.05, 0) is 30.7 Å². The Balaban J connectivity index is 2.20. The molecule has 1 aromatic rings. The Bertz CT molecular complexity index is 295. The van der Waals surface area contributed by atoms with E-state index < -0.39 is 0 Å².